The highest BCUT2D eigenvalue weighted by atomic mass is 16.3. The van der Waals surface area contributed by atoms with Crippen LogP contribution in [-0.2, 0) is 0 Å². The topological polar surface area (TPSA) is 103 Å². The molecule has 1 amide bonds. The van der Waals surface area contributed by atoms with E-state index in [4.69, 9.17) is 4.42 Å². The minimum absolute atomic E-state index is 0.176. The zero-order valence-electron chi connectivity index (χ0n) is 17.0. The molecule has 1 N–H and O–H groups in total. The van der Waals surface area contributed by atoms with Gasteiger partial charge < -0.3 is 9.73 Å². The molecule has 3 aromatic heterocycles. The zero-order valence-corrected chi connectivity index (χ0v) is 17.0. The van der Waals surface area contributed by atoms with E-state index in [0.717, 1.165) is 5.56 Å². The molecule has 3 heterocycles. The number of amides is 1. The Morgan fingerprint density at radius 2 is 1.88 bits per heavy atom. The van der Waals surface area contributed by atoms with Crippen LogP contribution in [0.3, 0.4) is 0 Å². The molecule has 0 atom stereocenters. The fraction of sp³-hybridized carbons (Fsp3) is 0.0417. The van der Waals surface area contributed by atoms with Crippen molar-refractivity contribution < 1.29 is 9.21 Å². The lowest BCUT2D eigenvalue weighted by atomic mass is 10.0. The third kappa shape index (κ3) is 3.33. The molecule has 8 nitrogen and oxygen atoms in total. The number of hydrogen-bond acceptors (Lipinski definition) is 6. The number of para-hydroxylation sites is 1. The van der Waals surface area contributed by atoms with Crippen LogP contribution in [0.5, 0.6) is 0 Å². The maximum Gasteiger partial charge on any atom is 0.259 e. The third-order valence-electron chi connectivity index (χ3n) is 5.10. The van der Waals surface area contributed by atoms with E-state index in [2.05, 4.69) is 20.4 Å². The minimum Gasteiger partial charge on any atom is -0.455 e. The van der Waals surface area contributed by atoms with E-state index in [1.165, 1.54) is 17.3 Å². The molecule has 156 valence electrons. The van der Waals surface area contributed by atoms with Gasteiger partial charge in [-0.25, -0.2) is 14.6 Å². The molecule has 32 heavy (non-hydrogen) atoms. The second-order valence-electron chi connectivity index (χ2n) is 7.10. The lowest BCUT2D eigenvalue weighted by Gasteiger charge is -2.12. The third-order valence-corrected chi connectivity index (χ3v) is 5.10. The first-order valence-corrected chi connectivity index (χ1v) is 9.86. The van der Waals surface area contributed by atoms with E-state index in [1.54, 1.807) is 43.5 Å². The maximum atomic E-state index is 13.2. The summed E-state index contributed by atoms with van der Waals surface area (Å²) in [4.78, 5) is 34.5. The first kappa shape index (κ1) is 19.4. The average molecular weight is 423 g/mol. The number of rotatable bonds is 4. The van der Waals surface area contributed by atoms with Crippen LogP contribution in [0.1, 0.15) is 15.9 Å². The van der Waals surface area contributed by atoms with Crippen LogP contribution in [0.4, 0.5) is 5.69 Å². The van der Waals surface area contributed by atoms with Gasteiger partial charge in [-0.15, -0.1) is 0 Å². The smallest absolute Gasteiger partial charge is 0.259 e. The molecule has 0 aliphatic rings. The van der Waals surface area contributed by atoms with Crippen LogP contribution in [0, 0.1) is 6.92 Å². The van der Waals surface area contributed by atoms with Crippen molar-refractivity contribution in [3.8, 4) is 17.1 Å². The van der Waals surface area contributed by atoms with Crippen molar-refractivity contribution in [2.24, 2.45) is 0 Å². The summed E-state index contributed by atoms with van der Waals surface area (Å²) in [7, 11) is 0. The van der Waals surface area contributed by atoms with Crippen LogP contribution in [0.25, 0.3) is 28.1 Å². The molecule has 5 rings (SSSR count). The van der Waals surface area contributed by atoms with Crippen molar-refractivity contribution in [2.75, 3.05) is 5.32 Å². The number of aromatic nitrogens is 4. The van der Waals surface area contributed by atoms with Gasteiger partial charge in [0, 0.05) is 17.3 Å². The van der Waals surface area contributed by atoms with Crippen molar-refractivity contribution in [3.05, 3.63) is 101 Å². The number of hydrogen-bond donors (Lipinski definition) is 1. The van der Waals surface area contributed by atoms with Gasteiger partial charge in [-0.1, -0.05) is 36.4 Å². The van der Waals surface area contributed by atoms with E-state index in [0.29, 0.717) is 28.2 Å². The van der Waals surface area contributed by atoms with Gasteiger partial charge in [0.1, 0.15) is 18.4 Å². The lowest BCUT2D eigenvalue weighted by Crippen LogP contribution is -2.16. The molecule has 0 saturated heterocycles. The van der Waals surface area contributed by atoms with Gasteiger partial charge in [0.05, 0.1) is 16.6 Å². The van der Waals surface area contributed by atoms with Gasteiger partial charge in [0.15, 0.2) is 16.8 Å². The molecule has 0 bridgehead atoms. The van der Waals surface area contributed by atoms with Gasteiger partial charge >= 0.3 is 0 Å². The zero-order chi connectivity index (χ0) is 22.1. The molecule has 0 aliphatic heterocycles. The monoisotopic (exact) mass is 423 g/mol. The molecule has 2 aromatic carbocycles. The van der Waals surface area contributed by atoms with Crippen molar-refractivity contribution in [3.63, 3.8) is 0 Å². The maximum absolute atomic E-state index is 13.2. The highest BCUT2D eigenvalue weighted by Crippen LogP contribution is 2.28. The number of carbonyl (C=O) groups excluding carboxylic acids is 1. The highest BCUT2D eigenvalue weighted by Gasteiger charge is 2.19. The van der Waals surface area contributed by atoms with Gasteiger partial charge in [0.2, 0.25) is 0 Å². The summed E-state index contributed by atoms with van der Waals surface area (Å²) < 4.78 is 7.60. The fourth-order valence-corrected chi connectivity index (χ4v) is 3.54. The Morgan fingerprint density at radius 3 is 2.66 bits per heavy atom. The number of nitrogens with one attached hydrogen (secondary N) is 1. The van der Waals surface area contributed by atoms with E-state index in [-0.39, 0.29) is 16.6 Å². The quantitative estimate of drug-likeness (QED) is 0.469. The Labute approximate surface area is 182 Å². The molecule has 0 aliphatic carbocycles. The Bertz CT molecular complexity index is 1490. The first-order chi connectivity index (χ1) is 15.6. The SMILES string of the molecule is Cc1c(-c2ccccc2)oc2c(C(=O)Nc3cccnc3-n3cncn3)cccc2c1=O. The summed E-state index contributed by atoms with van der Waals surface area (Å²) in [5.41, 5.74) is 1.99. The van der Waals surface area contributed by atoms with Crippen LogP contribution in [0.15, 0.2) is 88.7 Å². The van der Waals surface area contributed by atoms with Gasteiger partial charge in [-0.2, -0.15) is 5.10 Å². The average Bonchev–Trinajstić information content (AvgIpc) is 3.37. The summed E-state index contributed by atoms with van der Waals surface area (Å²) in [5, 5.41) is 7.27. The van der Waals surface area contributed by atoms with E-state index in [1.807, 2.05) is 30.3 Å². The van der Waals surface area contributed by atoms with Gasteiger partial charge in [-0.3, -0.25) is 9.59 Å². The lowest BCUT2D eigenvalue weighted by molar-refractivity contribution is 0.102. The summed E-state index contributed by atoms with van der Waals surface area (Å²) in [6, 6.07) is 17.7. The van der Waals surface area contributed by atoms with Crippen LogP contribution < -0.4 is 10.7 Å². The Kier molecular flexibility index (Phi) is 4.79. The van der Waals surface area contributed by atoms with E-state index < -0.39 is 5.91 Å². The fourth-order valence-electron chi connectivity index (χ4n) is 3.54. The standard InChI is InChI=1S/C24H17N5O3/c1-15-20(30)17-9-5-10-18(22(17)32-21(15)16-7-3-2-4-8-16)24(31)28-19-11-6-12-26-23(19)29-14-25-13-27-29/h2-14H,1H3,(H,28,31). The number of benzene rings is 2. The van der Waals surface area contributed by atoms with Crippen LogP contribution in [0.2, 0.25) is 0 Å². The summed E-state index contributed by atoms with van der Waals surface area (Å²) in [6.45, 7) is 1.72. The molecule has 0 saturated carbocycles. The Balaban J connectivity index is 1.62. The second-order valence-corrected chi connectivity index (χ2v) is 7.10. The van der Waals surface area contributed by atoms with Crippen molar-refractivity contribution in [1.82, 2.24) is 19.7 Å². The van der Waals surface area contributed by atoms with E-state index in [9.17, 15) is 9.59 Å². The number of anilines is 1. The predicted octanol–water partition coefficient (Wildman–Crippen LogP) is 4.00. The summed E-state index contributed by atoms with van der Waals surface area (Å²) in [5.74, 6) is 0.421. The highest BCUT2D eigenvalue weighted by molar-refractivity contribution is 6.12. The molecular weight excluding hydrogens is 406 g/mol. The number of fused-ring (bicyclic) bond motifs is 1. The largest absolute Gasteiger partial charge is 0.455 e. The molecule has 0 unspecified atom stereocenters. The van der Waals surface area contributed by atoms with Crippen LogP contribution in [-0.4, -0.2) is 25.7 Å². The molecule has 0 spiro atoms. The second kappa shape index (κ2) is 7.92. The molecule has 8 heteroatoms. The van der Waals surface area contributed by atoms with Crippen molar-refractivity contribution >= 4 is 22.6 Å². The van der Waals surface area contributed by atoms with Crippen molar-refractivity contribution in [1.29, 1.82) is 0 Å². The number of pyridine rings is 1. The molecule has 5 aromatic rings. The van der Waals surface area contributed by atoms with E-state index >= 15 is 0 Å². The number of nitrogens with zero attached hydrogens (tertiary/aromatic N) is 4. The normalized spacial score (nSPS) is 10.9. The Morgan fingerprint density at radius 1 is 1.03 bits per heavy atom. The summed E-state index contributed by atoms with van der Waals surface area (Å²) >= 11 is 0. The molecular formula is C24H17N5O3. The summed E-state index contributed by atoms with van der Waals surface area (Å²) in [6.07, 6.45) is 4.47. The minimum atomic E-state index is -0.434. The van der Waals surface area contributed by atoms with Crippen LogP contribution >= 0.6 is 0 Å². The predicted molar refractivity (Wildman–Crippen MR) is 120 cm³/mol. The number of carbonyl (C=O) groups is 1. The van der Waals surface area contributed by atoms with Crippen molar-refractivity contribution in [2.45, 2.75) is 6.92 Å². The first-order valence-electron chi connectivity index (χ1n) is 9.86. The Hall–Kier alpha value is -4.59. The van der Waals surface area contributed by atoms with Gasteiger partial charge in [0.25, 0.3) is 5.91 Å². The van der Waals surface area contributed by atoms with Gasteiger partial charge in [-0.05, 0) is 31.2 Å². The molecule has 0 radical (unpaired) electrons. The molecule has 0 fully saturated rings.